The molecule has 4 rings (SSSR count). The average molecular weight is 428 g/mol. The molecule has 0 aliphatic rings. The van der Waals surface area contributed by atoms with Gasteiger partial charge >= 0.3 is 0 Å². The van der Waals surface area contributed by atoms with Crippen molar-refractivity contribution in [2.24, 2.45) is 0 Å². The van der Waals surface area contributed by atoms with Gasteiger partial charge in [-0.25, -0.2) is 4.98 Å². The van der Waals surface area contributed by atoms with Gasteiger partial charge in [-0.15, -0.1) is 0 Å². The quantitative estimate of drug-likeness (QED) is 0.468. The average Bonchev–Trinajstić information content (AvgIpc) is 3.06. The van der Waals surface area contributed by atoms with Crippen LogP contribution in [0.1, 0.15) is 0 Å². The molecule has 0 saturated heterocycles. The first-order valence-electron chi connectivity index (χ1n) is 7.34. The molecule has 24 heavy (non-hydrogen) atoms. The monoisotopic (exact) mass is 428 g/mol. The Hall–Kier alpha value is -2.61. The van der Waals surface area contributed by atoms with Crippen LogP contribution in [0.4, 0.5) is 5.82 Å². The number of nitrogens with one attached hydrogen (secondary N) is 1. The standard InChI is InChI=1S/C18H13IN4O/c19-14-10-21-18(20)15-16(22-23-17(14)15)11-6-8-13(9-7-11)24-12-4-2-1-3-5-12/h1-10H,(H2,20,21)(H,22,23). The van der Waals surface area contributed by atoms with Crippen LogP contribution < -0.4 is 10.5 Å². The zero-order chi connectivity index (χ0) is 16.5. The Balaban J connectivity index is 1.70. The molecule has 2 aromatic heterocycles. The first-order valence-corrected chi connectivity index (χ1v) is 8.41. The molecule has 2 aromatic carbocycles. The second kappa shape index (κ2) is 6.12. The van der Waals surface area contributed by atoms with Gasteiger partial charge in [0.2, 0.25) is 0 Å². The molecule has 6 heteroatoms. The van der Waals surface area contributed by atoms with Gasteiger partial charge in [0.05, 0.1) is 14.7 Å². The zero-order valence-corrected chi connectivity index (χ0v) is 14.7. The first-order chi connectivity index (χ1) is 11.7. The third-order valence-electron chi connectivity index (χ3n) is 3.69. The summed E-state index contributed by atoms with van der Waals surface area (Å²) in [5, 5.41) is 8.27. The lowest BCUT2D eigenvalue weighted by Gasteiger charge is -2.06. The minimum atomic E-state index is 0.471. The van der Waals surface area contributed by atoms with Crippen LogP contribution in [0.3, 0.4) is 0 Å². The van der Waals surface area contributed by atoms with Crippen LogP contribution in [-0.4, -0.2) is 15.2 Å². The summed E-state index contributed by atoms with van der Waals surface area (Å²) in [6.45, 7) is 0. The predicted molar refractivity (Wildman–Crippen MR) is 103 cm³/mol. The van der Waals surface area contributed by atoms with Crippen molar-refractivity contribution < 1.29 is 4.74 Å². The summed E-state index contributed by atoms with van der Waals surface area (Å²) in [6.07, 6.45) is 1.72. The van der Waals surface area contributed by atoms with Gasteiger partial charge in [0.15, 0.2) is 0 Å². The van der Waals surface area contributed by atoms with Crippen LogP contribution >= 0.6 is 22.6 Å². The molecule has 0 amide bonds. The number of aromatic nitrogens is 3. The van der Waals surface area contributed by atoms with Gasteiger partial charge in [-0.2, -0.15) is 5.10 Å². The summed E-state index contributed by atoms with van der Waals surface area (Å²) in [5.74, 6) is 2.05. The predicted octanol–water partition coefficient (Wildman–Crippen LogP) is 4.60. The number of halogens is 1. The van der Waals surface area contributed by atoms with Gasteiger partial charge in [0, 0.05) is 11.8 Å². The second-order valence-corrected chi connectivity index (χ2v) is 6.42. The topological polar surface area (TPSA) is 76.8 Å². The normalized spacial score (nSPS) is 10.9. The maximum absolute atomic E-state index is 6.04. The summed E-state index contributed by atoms with van der Waals surface area (Å²) in [6, 6.07) is 17.5. The van der Waals surface area contributed by atoms with Gasteiger partial charge in [0.25, 0.3) is 0 Å². The van der Waals surface area contributed by atoms with Crippen molar-refractivity contribution in [2.75, 3.05) is 5.73 Å². The maximum Gasteiger partial charge on any atom is 0.135 e. The van der Waals surface area contributed by atoms with Crippen molar-refractivity contribution in [1.29, 1.82) is 0 Å². The number of rotatable bonds is 3. The molecule has 0 unspecified atom stereocenters. The van der Waals surface area contributed by atoms with Crippen molar-refractivity contribution in [1.82, 2.24) is 15.2 Å². The third kappa shape index (κ3) is 2.69. The molecular weight excluding hydrogens is 415 g/mol. The fourth-order valence-corrected chi connectivity index (χ4v) is 3.07. The number of para-hydroxylation sites is 1. The summed E-state index contributed by atoms with van der Waals surface area (Å²) < 4.78 is 6.78. The Morgan fingerprint density at radius 1 is 0.958 bits per heavy atom. The van der Waals surface area contributed by atoms with E-state index in [0.29, 0.717) is 5.82 Å². The lowest BCUT2D eigenvalue weighted by molar-refractivity contribution is 0.483. The Kier molecular flexibility index (Phi) is 3.81. The number of pyridine rings is 1. The van der Waals surface area contributed by atoms with E-state index < -0.39 is 0 Å². The Labute approximate surface area is 152 Å². The molecule has 118 valence electrons. The Bertz CT molecular complexity index is 997. The molecule has 0 aliphatic heterocycles. The van der Waals surface area contributed by atoms with E-state index in [4.69, 9.17) is 10.5 Å². The number of hydrogen-bond donors (Lipinski definition) is 2. The summed E-state index contributed by atoms with van der Waals surface area (Å²) in [7, 11) is 0. The number of H-pyrrole nitrogens is 1. The molecule has 0 saturated carbocycles. The number of ether oxygens (including phenoxy) is 1. The number of fused-ring (bicyclic) bond motifs is 1. The fourth-order valence-electron chi connectivity index (χ4n) is 2.54. The van der Waals surface area contributed by atoms with Crippen molar-refractivity contribution in [2.45, 2.75) is 0 Å². The molecule has 0 fully saturated rings. The van der Waals surface area contributed by atoms with Crippen LogP contribution in [-0.2, 0) is 0 Å². The minimum Gasteiger partial charge on any atom is -0.457 e. The van der Waals surface area contributed by atoms with Crippen molar-refractivity contribution >= 4 is 39.3 Å². The van der Waals surface area contributed by atoms with Gasteiger partial charge in [-0.1, -0.05) is 18.2 Å². The van der Waals surface area contributed by atoms with E-state index in [9.17, 15) is 0 Å². The third-order valence-corrected chi connectivity index (χ3v) is 4.48. The van der Waals surface area contributed by atoms with Gasteiger partial charge in [-0.05, 0) is 59.0 Å². The maximum atomic E-state index is 6.04. The van der Waals surface area contributed by atoms with E-state index in [1.54, 1.807) is 6.20 Å². The summed E-state index contributed by atoms with van der Waals surface area (Å²) >= 11 is 2.20. The summed E-state index contributed by atoms with van der Waals surface area (Å²) in [4.78, 5) is 4.22. The molecule has 5 nitrogen and oxygen atoms in total. The smallest absolute Gasteiger partial charge is 0.135 e. The number of aromatic amines is 1. The highest BCUT2D eigenvalue weighted by Gasteiger charge is 2.14. The van der Waals surface area contributed by atoms with E-state index in [2.05, 4.69) is 37.8 Å². The molecule has 0 spiro atoms. The van der Waals surface area contributed by atoms with Crippen LogP contribution in [0, 0.1) is 3.57 Å². The number of anilines is 1. The molecule has 0 atom stereocenters. The number of nitrogen functional groups attached to an aromatic ring is 1. The Morgan fingerprint density at radius 3 is 2.42 bits per heavy atom. The van der Waals surface area contributed by atoms with E-state index in [1.807, 2.05) is 54.6 Å². The van der Waals surface area contributed by atoms with Crippen molar-refractivity contribution in [3.63, 3.8) is 0 Å². The highest BCUT2D eigenvalue weighted by atomic mass is 127. The van der Waals surface area contributed by atoms with Crippen LogP contribution in [0.25, 0.3) is 22.2 Å². The number of nitrogens with two attached hydrogens (primary N) is 1. The highest BCUT2D eigenvalue weighted by Crippen LogP contribution is 2.33. The molecule has 0 aliphatic carbocycles. The highest BCUT2D eigenvalue weighted by molar-refractivity contribution is 14.1. The van der Waals surface area contributed by atoms with Crippen molar-refractivity contribution in [3.8, 4) is 22.8 Å². The lowest BCUT2D eigenvalue weighted by Crippen LogP contribution is -1.92. The van der Waals surface area contributed by atoms with E-state index in [1.165, 1.54) is 0 Å². The number of benzene rings is 2. The van der Waals surface area contributed by atoms with E-state index >= 15 is 0 Å². The fraction of sp³-hybridized carbons (Fsp3) is 0. The number of hydrogen-bond acceptors (Lipinski definition) is 4. The van der Waals surface area contributed by atoms with Gasteiger partial charge in [-0.3, -0.25) is 5.10 Å². The van der Waals surface area contributed by atoms with Crippen LogP contribution in [0.15, 0.2) is 60.8 Å². The lowest BCUT2D eigenvalue weighted by atomic mass is 10.1. The van der Waals surface area contributed by atoms with Gasteiger partial charge in [0.1, 0.15) is 22.8 Å². The SMILES string of the molecule is Nc1ncc(I)c2n[nH]c(-c3ccc(Oc4ccccc4)cc3)c12. The molecule has 4 aromatic rings. The molecule has 3 N–H and O–H groups in total. The Morgan fingerprint density at radius 2 is 1.67 bits per heavy atom. The first kappa shape index (κ1) is 14.9. The van der Waals surface area contributed by atoms with Gasteiger partial charge < -0.3 is 10.5 Å². The minimum absolute atomic E-state index is 0.471. The summed E-state index contributed by atoms with van der Waals surface area (Å²) in [5.41, 5.74) is 8.72. The van der Waals surface area contributed by atoms with E-state index in [-0.39, 0.29) is 0 Å². The molecule has 2 heterocycles. The number of nitrogens with zero attached hydrogens (tertiary/aromatic N) is 2. The van der Waals surface area contributed by atoms with E-state index in [0.717, 1.165) is 37.2 Å². The largest absolute Gasteiger partial charge is 0.457 e. The van der Waals surface area contributed by atoms with Crippen molar-refractivity contribution in [3.05, 3.63) is 64.4 Å². The molecular formula is C18H13IN4O. The van der Waals surface area contributed by atoms with Crippen LogP contribution in [0.2, 0.25) is 0 Å². The molecule has 0 bridgehead atoms. The van der Waals surface area contributed by atoms with Crippen LogP contribution in [0.5, 0.6) is 11.5 Å². The molecule has 0 radical (unpaired) electrons. The second-order valence-electron chi connectivity index (χ2n) is 5.25. The zero-order valence-electron chi connectivity index (χ0n) is 12.5.